The van der Waals surface area contributed by atoms with Crippen molar-refractivity contribution in [2.24, 2.45) is 0 Å². The summed E-state index contributed by atoms with van der Waals surface area (Å²) in [7, 11) is 2.91. The zero-order valence-corrected chi connectivity index (χ0v) is 8.80. The summed E-state index contributed by atoms with van der Waals surface area (Å²) in [5.74, 6) is -4.06. The first-order valence-electron chi connectivity index (χ1n) is 4.72. The lowest BCUT2D eigenvalue weighted by atomic mass is 10.1. The van der Waals surface area contributed by atoms with Crippen molar-refractivity contribution in [3.63, 3.8) is 0 Å². The molecule has 0 radical (unpaired) electrons. The Morgan fingerprint density at radius 1 is 1.20 bits per heavy atom. The highest BCUT2D eigenvalue weighted by atomic mass is 19.3. The third-order valence-electron chi connectivity index (χ3n) is 2.37. The van der Waals surface area contributed by atoms with E-state index >= 15 is 0 Å². The molecule has 1 aliphatic heterocycles. The number of likely N-dealkylation sites (N-methyl/N-ethyl adjacent to an activating group) is 1. The first kappa shape index (κ1) is 11.9. The van der Waals surface area contributed by atoms with Gasteiger partial charge < -0.3 is 9.80 Å². The van der Waals surface area contributed by atoms with Gasteiger partial charge in [0.25, 0.3) is 5.92 Å². The van der Waals surface area contributed by atoms with Crippen LogP contribution in [-0.4, -0.2) is 54.7 Å². The number of halogens is 2. The topological polar surface area (TPSA) is 40.6 Å². The highest BCUT2D eigenvalue weighted by molar-refractivity contribution is 6.34. The number of carbonyl (C=O) groups is 2. The van der Waals surface area contributed by atoms with Crippen molar-refractivity contribution in [2.75, 3.05) is 27.2 Å². The summed E-state index contributed by atoms with van der Waals surface area (Å²) in [6.45, 7) is -0.100. The third kappa shape index (κ3) is 2.87. The molecule has 0 saturated carbocycles. The van der Waals surface area contributed by atoms with Crippen molar-refractivity contribution in [3.05, 3.63) is 0 Å². The first-order chi connectivity index (χ1) is 6.83. The Balaban J connectivity index is 2.54. The van der Waals surface area contributed by atoms with Gasteiger partial charge in [0.2, 0.25) is 0 Å². The molecule has 2 amide bonds. The number of likely N-dealkylation sites (tertiary alicyclic amines) is 1. The summed E-state index contributed by atoms with van der Waals surface area (Å²) in [5, 5.41) is 0. The minimum atomic E-state index is -2.70. The fourth-order valence-electron chi connectivity index (χ4n) is 1.36. The predicted molar refractivity (Wildman–Crippen MR) is 49.5 cm³/mol. The van der Waals surface area contributed by atoms with Crippen LogP contribution in [0.25, 0.3) is 0 Å². The molecule has 1 rings (SSSR count). The van der Waals surface area contributed by atoms with Crippen LogP contribution in [0.5, 0.6) is 0 Å². The molecule has 0 bridgehead atoms. The average molecular weight is 220 g/mol. The molecule has 0 aromatic heterocycles. The molecule has 4 nitrogen and oxygen atoms in total. The summed E-state index contributed by atoms with van der Waals surface area (Å²) in [4.78, 5) is 25.0. The number of hydrogen-bond donors (Lipinski definition) is 0. The number of piperidine rings is 1. The largest absolute Gasteiger partial charge is 0.341 e. The Labute approximate surface area is 86.8 Å². The maximum atomic E-state index is 12.8. The van der Waals surface area contributed by atoms with E-state index in [1.807, 2.05) is 0 Å². The normalized spacial score (nSPS) is 19.9. The second-order valence-electron chi connectivity index (χ2n) is 3.85. The van der Waals surface area contributed by atoms with Crippen LogP contribution < -0.4 is 0 Å². The van der Waals surface area contributed by atoms with Crippen molar-refractivity contribution < 1.29 is 18.4 Å². The van der Waals surface area contributed by atoms with Gasteiger partial charge in [-0.1, -0.05) is 0 Å². The van der Waals surface area contributed by atoms with Crippen LogP contribution in [0.15, 0.2) is 0 Å². The van der Waals surface area contributed by atoms with Crippen molar-refractivity contribution in [3.8, 4) is 0 Å². The third-order valence-corrected chi connectivity index (χ3v) is 2.37. The van der Waals surface area contributed by atoms with Crippen LogP contribution in [0.4, 0.5) is 8.78 Å². The second kappa shape index (κ2) is 4.12. The van der Waals surface area contributed by atoms with Gasteiger partial charge in [-0.2, -0.15) is 0 Å². The van der Waals surface area contributed by atoms with E-state index in [1.54, 1.807) is 0 Å². The molecule has 1 saturated heterocycles. The average Bonchev–Trinajstić information content (AvgIpc) is 2.15. The molecular formula is C9H14F2N2O2. The predicted octanol–water partition coefficient (Wildman–Crippen LogP) is 0.332. The Hall–Kier alpha value is -1.20. The molecule has 0 unspecified atom stereocenters. The molecule has 0 aliphatic carbocycles. The molecule has 15 heavy (non-hydrogen) atoms. The van der Waals surface area contributed by atoms with E-state index in [4.69, 9.17) is 0 Å². The molecule has 0 spiro atoms. The molecule has 0 aromatic carbocycles. The van der Waals surface area contributed by atoms with Crippen LogP contribution >= 0.6 is 0 Å². The Bertz CT molecular complexity index is 269. The number of amides is 2. The number of alkyl halides is 2. The van der Waals surface area contributed by atoms with E-state index in [0.717, 1.165) is 4.90 Å². The van der Waals surface area contributed by atoms with Gasteiger partial charge in [0.05, 0.1) is 0 Å². The lowest BCUT2D eigenvalue weighted by Crippen LogP contribution is -2.48. The number of rotatable bonds is 0. The minimum Gasteiger partial charge on any atom is -0.341 e. The Morgan fingerprint density at radius 3 is 2.07 bits per heavy atom. The van der Waals surface area contributed by atoms with Gasteiger partial charge in [0, 0.05) is 40.0 Å². The highest BCUT2D eigenvalue weighted by Gasteiger charge is 2.37. The van der Waals surface area contributed by atoms with E-state index in [1.165, 1.54) is 19.0 Å². The summed E-state index contributed by atoms with van der Waals surface area (Å²) in [6, 6.07) is 0. The van der Waals surface area contributed by atoms with Crippen LogP contribution in [0.1, 0.15) is 12.8 Å². The Kier molecular flexibility index (Phi) is 3.26. The van der Waals surface area contributed by atoms with E-state index in [2.05, 4.69) is 0 Å². The monoisotopic (exact) mass is 220 g/mol. The first-order valence-corrected chi connectivity index (χ1v) is 4.72. The molecule has 86 valence electrons. The summed E-state index contributed by atoms with van der Waals surface area (Å²) in [6.07, 6.45) is -0.723. The van der Waals surface area contributed by atoms with Gasteiger partial charge in [0.1, 0.15) is 0 Å². The van der Waals surface area contributed by atoms with Crippen molar-refractivity contribution in [2.45, 2.75) is 18.8 Å². The molecule has 1 heterocycles. The molecular weight excluding hydrogens is 206 g/mol. The Morgan fingerprint density at radius 2 is 1.67 bits per heavy atom. The van der Waals surface area contributed by atoms with E-state index in [-0.39, 0.29) is 25.9 Å². The highest BCUT2D eigenvalue weighted by Crippen LogP contribution is 2.27. The van der Waals surface area contributed by atoms with Gasteiger partial charge in [-0.15, -0.1) is 0 Å². The molecule has 0 atom stereocenters. The molecule has 1 fully saturated rings. The minimum absolute atomic E-state index is 0.0502. The molecule has 6 heteroatoms. The van der Waals surface area contributed by atoms with Crippen molar-refractivity contribution in [1.82, 2.24) is 9.80 Å². The van der Waals surface area contributed by atoms with Crippen molar-refractivity contribution in [1.29, 1.82) is 0 Å². The summed E-state index contributed by atoms with van der Waals surface area (Å²) >= 11 is 0. The van der Waals surface area contributed by atoms with Crippen LogP contribution in [0, 0.1) is 0 Å². The molecule has 1 aliphatic rings. The number of nitrogens with zero attached hydrogens (tertiary/aromatic N) is 2. The van der Waals surface area contributed by atoms with Gasteiger partial charge in [-0.3, -0.25) is 9.59 Å². The van der Waals surface area contributed by atoms with Gasteiger partial charge in [0.15, 0.2) is 0 Å². The molecule has 0 aromatic rings. The van der Waals surface area contributed by atoms with E-state index in [0.29, 0.717) is 0 Å². The number of carbonyl (C=O) groups excluding carboxylic acids is 2. The molecule has 0 N–H and O–H groups in total. The van der Waals surface area contributed by atoms with Crippen molar-refractivity contribution >= 4 is 11.8 Å². The van der Waals surface area contributed by atoms with Gasteiger partial charge >= 0.3 is 11.8 Å². The standard InChI is InChI=1S/C9H14F2N2O2/c1-12(2)7(14)8(15)13-5-3-9(10,11)4-6-13/h3-6H2,1-2H3. The summed E-state index contributed by atoms with van der Waals surface area (Å²) in [5.41, 5.74) is 0. The zero-order valence-electron chi connectivity index (χ0n) is 8.80. The quantitative estimate of drug-likeness (QED) is 0.552. The fourth-order valence-corrected chi connectivity index (χ4v) is 1.36. The maximum Gasteiger partial charge on any atom is 0.312 e. The van der Waals surface area contributed by atoms with Gasteiger partial charge in [-0.25, -0.2) is 8.78 Å². The van der Waals surface area contributed by atoms with Crippen LogP contribution in [0.2, 0.25) is 0 Å². The van der Waals surface area contributed by atoms with E-state index in [9.17, 15) is 18.4 Å². The zero-order chi connectivity index (χ0) is 11.6. The fraction of sp³-hybridized carbons (Fsp3) is 0.778. The summed E-state index contributed by atoms with van der Waals surface area (Å²) < 4.78 is 25.5. The maximum absolute atomic E-state index is 12.8. The lowest BCUT2D eigenvalue weighted by Gasteiger charge is -2.31. The number of hydrogen-bond acceptors (Lipinski definition) is 2. The van der Waals surface area contributed by atoms with Crippen LogP contribution in [-0.2, 0) is 9.59 Å². The van der Waals surface area contributed by atoms with E-state index < -0.39 is 17.7 Å². The second-order valence-corrected chi connectivity index (χ2v) is 3.85. The smallest absolute Gasteiger partial charge is 0.312 e. The van der Waals surface area contributed by atoms with Crippen LogP contribution in [0.3, 0.4) is 0 Å². The SMILES string of the molecule is CN(C)C(=O)C(=O)N1CCC(F)(F)CC1. The van der Waals surface area contributed by atoms with Gasteiger partial charge in [-0.05, 0) is 0 Å². The lowest BCUT2D eigenvalue weighted by molar-refractivity contribution is -0.153.